The van der Waals surface area contributed by atoms with Crippen LogP contribution in [0, 0.1) is 5.92 Å². The van der Waals surface area contributed by atoms with Crippen LogP contribution in [0.5, 0.6) is 5.75 Å². The van der Waals surface area contributed by atoms with Gasteiger partial charge < -0.3 is 26.0 Å². The van der Waals surface area contributed by atoms with Gasteiger partial charge in [-0.05, 0) is 25.0 Å². The van der Waals surface area contributed by atoms with E-state index in [1.807, 2.05) is 13.8 Å². The lowest BCUT2D eigenvalue weighted by atomic mass is 10.1. The maximum absolute atomic E-state index is 12.2. The highest BCUT2D eigenvalue weighted by Gasteiger charge is 2.20. The lowest BCUT2D eigenvalue weighted by Crippen LogP contribution is -2.48. The van der Waals surface area contributed by atoms with Gasteiger partial charge in [-0.3, -0.25) is 14.4 Å². The number of halogens is 1. The number of nitrogens with one attached hydrogen (secondary N) is 2. The first kappa shape index (κ1) is 24.7. The second-order valence-corrected chi connectivity index (χ2v) is 6.14. The van der Waals surface area contributed by atoms with Gasteiger partial charge in [0, 0.05) is 6.54 Å². The average Bonchev–Trinajstić information content (AvgIpc) is 2.63. The number of likely N-dealkylation sites (N-methyl/N-ethyl adjacent to an activating group) is 1. The molecule has 1 aromatic rings. The number of para-hydroxylation sites is 2. The molecule has 152 valence electrons. The molecule has 0 heterocycles. The molecule has 0 aliphatic heterocycles. The molecule has 0 spiro atoms. The number of methoxy groups -OCH3 is 1. The predicted octanol–water partition coefficient (Wildman–Crippen LogP) is 1.00. The number of nitrogens with two attached hydrogens (primary N) is 1. The van der Waals surface area contributed by atoms with Crippen molar-refractivity contribution >= 4 is 35.8 Å². The molecule has 9 heteroatoms. The summed E-state index contributed by atoms with van der Waals surface area (Å²) in [5, 5.41) is 5.23. The molecule has 0 radical (unpaired) electrons. The fourth-order valence-corrected chi connectivity index (χ4v) is 2.18. The van der Waals surface area contributed by atoms with Gasteiger partial charge in [0.15, 0.2) is 0 Å². The molecule has 1 rings (SSSR count). The molecule has 1 aromatic carbocycles. The first-order chi connectivity index (χ1) is 12.3. The Morgan fingerprint density at radius 2 is 1.85 bits per heavy atom. The van der Waals surface area contributed by atoms with Crippen LogP contribution in [0.25, 0.3) is 0 Å². The summed E-state index contributed by atoms with van der Waals surface area (Å²) in [6.07, 6.45) is 0. The fraction of sp³-hybridized carbons (Fsp3) is 0.500. The number of hydrogen-bond donors (Lipinski definition) is 3. The van der Waals surface area contributed by atoms with Crippen LogP contribution in [0.15, 0.2) is 24.3 Å². The van der Waals surface area contributed by atoms with Gasteiger partial charge in [0.2, 0.25) is 17.7 Å². The minimum atomic E-state index is -0.674. The molecule has 0 aromatic heterocycles. The van der Waals surface area contributed by atoms with Crippen LogP contribution in [0.2, 0.25) is 0 Å². The van der Waals surface area contributed by atoms with E-state index >= 15 is 0 Å². The molecule has 0 saturated heterocycles. The number of benzene rings is 1. The Kier molecular flexibility index (Phi) is 11.1. The standard InChI is InChI=1S/C18H28N4O4.ClH/c1-5-22(16(24)10-20-18(25)17(19)12(2)3)11-15(23)21-13-8-6-7-9-14(13)26-4;/h6-9,12,17H,5,10-11,19H2,1-4H3,(H,20,25)(H,21,23);1H/t17-;/m0./s1. The van der Waals surface area contributed by atoms with E-state index in [1.54, 1.807) is 31.2 Å². The fourth-order valence-electron chi connectivity index (χ4n) is 2.18. The van der Waals surface area contributed by atoms with Gasteiger partial charge in [0.1, 0.15) is 5.75 Å². The highest BCUT2D eigenvalue weighted by atomic mass is 35.5. The van der Waals surface area contributed by atoms with E-state index < -0.39 is 6.04 Å². The largest absolute Gasteiger partial charge is 0.495 e. The third kappa shape index (κ3) is 7.84. The molecule has 8 nitrogen and oxygen atoms in total. The monoisotopic (exact) mass is 400 g/mol. The predicted molar refractivity (Wildman–Crippen MR) is 107 cm³/mol. The molecule has 0 bridgehead atoms. The molecule has 1 atom stereocenters. The summed E-state index contributed by atoms with van der Waals surface area (Å²) in [5.41, 5.74) is 6.26. The zero-order chi connectivity index (χ0) is 19.7. The maximum Gasteiger partial charge on any atom is 0.244 e. The van der Waals surface area contributed by atoms with Crippen molar-refractivity contribution in [3.8, 4) is 5.75 Å². The van der Waals surface area contributed by atoms with Gasteiger partial charge in [0.05, 0.1) is 31.9 Å². The van der Waals surface area contributed by atoms with E-state index in [1.165, 1.54) is 12.0 Å². The maximum atomic E-state index is 12.2. The highest BCUT2D eigenvalue weighted by molar-refractivity contribution is 5.96. The van der Waals surface area contributed by atoms with Crippen LogP contribution in [0.3, 0.4) is 0 Å². The van der Waals surface area contributed by atoms with Crippen molar-refractivity contribution in [3.05, 3.63) is 24.3 Å². The van der Waals surface area contributed by atoms with Crippen LogP contribution in [-0.4, -0.2) is 55.4 Å². The molecule has 0 saturated carbocycles. The molecule has 27 heavy (non-hydrogen) atoms. The summed E-state index contributed by atoms with van der Waals surface area (Å²) in [6.45, 7) is 5.42. The summed E-state index contributed by atoms with van der Waals surface area (Å²) < 4.78 is 5.18. The van der Waals surface area contributed by atoms with Crippen LogP contribution in [0.1, 0.15) is 20.8 Å². The van der Waals surface area contributed by atoms with Crippen LogP contribution >= 0.6 is 12.4 Å². The number of anilines is 1. The zero-order valence-electron chi connectivity index (χ0n) is 16.2. The number of hydrogen-bond acceptors (Lipinski definition) is 5. The Morgan fingerprint density at radius 3 is 2.41 bits per heavy atom. The molecule has 4 N–H and O–H groups in total. The van der Waals surface area contributed by atoms with E-state index in [0.717, 1.165) is 0 Å². The summed E-state index contributed by atoms with van der Waals surface area (Å²) in [5.74, 6) is -0.589. The summed E-state index contributed by atoms with van der Waals surface area (Å²) in [4.78, 5) is 37.7. The Balaban J connectivity index is 0.00000676. The van der Waals surface area contributed by atoms with E-state index in [-0.39, 0.29) is 49.1 Å². The van der Waals surface area contributed by atoms with Gasteiger partial charge in [-0.2, -0.15) is 0 Å². The second kappa shape index (κ2) is 12.1. The average molecular weight is 401 g/mol. The number of amides is 3. The zero-order valence-corrected chi connectivity index (χ0v) is 17.0. The minimum Gasteiger partial charge on any atom is -0.495 e. The SMILES string of the molecule is CCN(CC(=O)Nc1ccccc1OC)C(=O)CNC(=O)[C@@H](N)C(C)C.Cl. The Labute approximate surface area is 166 Å². The van der Waals surface area contributed by atoms with Crippen LogP contribution in [-0.2, 0) is 14.4 Å². The molecule has 0 unspecified atom stereocenters. The van der Waals surface area contributed by atoms with Crippen molar-refractivity contribution in [2.45, 2.75) is 26.8 Å². The van der Waals surface area contributed by atoms with Gasteiger partial charge >= 0.3 is 0 Å². The normalized spacial score (nSPS) is 11.2. The van der Waals surface area contributed by atoms with Gasteiger partial charge in [-0.1, -0.05) is 26.0 Å². The second-order valence-electron chi connectivity index (χ2n) is 6.14. The number of ether oxygens (including phenoxy) is 1. The van der Waals surface area contributed by atoms with Gasteiger partial charge in [-0.25, -0.2) is 0 Å². The van der Waals surface area contributed by atoms with Crippen molar-refractivity contribution in [3.63, 3.8) is 0 Å². The number of rotatable bonds is 9. The first-order valence-electron chi connectivity index (χ1n) is 8.54. The molecule has 0 aliphatic carbocycles. The van der Waals surface area contributed by atoms with Crippen LogP contribution in [0.4, 0.5) is 5.69 Å². The lowest BCUT2D eigenvalue weighted by molar-refractivity contribution is -0.135. The Morgan fingerprint density at radius 1 is 1.22 bits per heavy atom. The van der Waals surface area contributed by atoms with E-state index in [2.05, 4.69) is 10.6 Å². The third-order valence-corrected chi connectivity index (χ3v) is 3.88. The van der Waals surface area contributed by atoms with Gasteiger partial charge in [-0.15, -0.1) is 12.4 Å². The van der Waals surface area contributed by atoms with Crippen molar-refractivity contribution < 1.29 is 19.1 Å². The molecular formula is C18H29ClN4O4. The van der Waals surface area contributed by atoms with E-state index in [4.69, 9.17) is 10.5 Å². The Bertz CT molecular complexity index is 640. The number of nitrogens with zero attached hydrogens (tertiary/aromatic N) is 1. The van der Waals surface area contributed by atoms with E-state index in [0.29, 0.717) is 18.0 Å². The van der Waals surface area contributed by atoms with Gasteiger partial charge in [0.25, 0.3) is 0 Å². The minimum absolute atomic E-state index is 0. The molecule has 0 aliphatic rings. The molecule has 0 fully saturated rings. The topological polar surface area (TPSA) is 114 Å². The summed E-state index contributed by atoms with van der Waals surface area (Å²) >= 11 is 0. The lowest BCUT2D eigenvalue weighted by Gasteiger charge is -2.22. The highest BCUT2D eigenvalue weighted by Crippen LogP contribution is 2.22. The number of carbonyl (C=O) groups excluding carboxylic acids is 3. The van der Waals surface area contributed by atoms with Crippen molar-refractivity contribution in [2.24, 2.45) is 11.7 Å². The smallest absolute Gasteiger partial charge is 0.244 e. The van der Waals surface area contributed by atoms with Crippen LogP contribution < -0.4 is 21.1 Å². The van der Waals surface area contributed by atoms with E-state index in [9.17, 15) is 14.4 Å². The van der Waals surface area contributed by atoms with Crippen molar-refractivity contribution in [1.29, 1.82) is 0 Å². The Hall–Kier alpha value is -2.32. The summed E-state index contributed by atoms with van der Waals surface area (Å²) in [6, 6.07) is 6.33. The molecular weight excluding hydrogens is 372 g/mol. The van der Waals surface area contributed by atoms with Crippen molar-refractivity contribution in [1.82, 2.24) is 10.2 Å². The first-order valence-corrected chi connectivity index (χ1v) is 8.54. The third-order valence-electron chi connectivity index (χ3n) is 3.88. The number of carbonyl (C=O) groups is 3. The van der Waals surface area contributed by atoms with Crippen molar-refractivity contribution in [2.75, 3.05) is 32.1 Å². The summed E-state index contributed by atoms with van der Waals surface area (Å²) in [7, 11) is 1.51. The quantitative estimate of drug-likeness (QED) is 0.572. The molecule has 3 amide bonds.